The first kappa shape index (κ1) is 25.8. The number of aliphatic carboxylic acids is 1. The van der Waals surface area contributed by atoms with Crippen molar-refractivity contribution in [3.63, 3.8) is 0 Å². The zero-order chi connectivity index (χ0) is 18.7. The Hall–Kier alpha value is -1.17. The number of carbonyl (C=O) groups is 3. The Morgan fingerprint density at radius 1 is 1.00 bits per heavy atom. The van der Waals surface area contributed by atoms with Gasteiger partial charge in [-0.2, -0.15) is 0 Å². The van der Waals surface area contributed by atoms with Gasteiger partial charge < -0.3 is 30.3 Å². The summed E-state index contributed by atoms with van der Waals surface area (Å²) >= 11 is 5.92. The first-order valence-corrected chi connectivity index (χ1v) is 7.16. The molecule has 0 aliphatic heterocycles. The highest BCUT2D eigenvalue weighted by atomic mass is 79.9. The first-order chi connectivity index (χ1) is 9.66. The molecule has 5 N–H and O–H groups in total. The summed E-state index contributed by atoms with van der Waals surface area (Å²) < 4.78 is 3.08. The number of rotatable bonds is 3. The molecule has 2 unspecified atom stereocenters. The average Bonchev–Trinajstić information content (AvgIpc) is 2.27. The molecule has 0 spiro atoms. The summed E-state index contributed by atoms with van der Waals surface area (Å²) in [6.45, 7) is 8.09. The van der Waals surface area contributed by atoms with Crippen molar-refractivity contribution in [1.82, 2.24) is 0 Å². The summed E-state index contributed by atoms with van der Waals surface area (Å²) in [5.74, 6) is -0.935. The second kappa shape index (κ2) is 12.4. The lowest BCUT2D eigenvalue weighted by Crippen LogP contribution is -2.33. The highest BCUT2D eigenvalue weighted by Crippen LogP contribution is 2.31. The van der Waals surface area contributed by atoms with Gasteiger partial charge in [-0.15, -0.1) is 0 Å². The van der Waals surface area contributed by atoms with Crippen LogP contribution in [-0.4, -0.2) is 53.8 Å². The molecule has 0 aromatic carbocycles. The zero-order valence-corrected chi connectivity index (χ0v) is 15.2. The molecule has 0 aromatic heterocycles. The van der Waals surface area contributed by atoms with Gasteiger partial charge in [0.15, 0.2) is 0 Å². The van der Waals surface area contributed by atoms with E-state index in [1.807, 2.05) is 0 Å². The van der Waals surface area contributed by atoms with Gasteiger partial charge in [-0.1, -0.05) is 52.3 Å². The zero-order valence-electron chi connectivity index (χ0n) is 12.0. The first-order valence-electron chi connectivity index (χ1n) is 5.33. The second-order valence-electron chi connectivity index (χ2n) is 4.21. The minimum Gasteiger partial charge on any atom is -0.478 e. The molecular weight excluding hydrogens is 436 g/mol. The number of carboxylic acids is 1. The Kier molecular flexibility index (Phi) is 14.5. The van der Waals surface area contributed by atoms with Gasteiger partial charge in [0.1, 0.15) is 10.0 Å². The van der Waals surface area contributed by atoms with E-state index in [0.717, 1.165) is 0 Å². The van der Waals surface area contributed by atoms with Gasteiger partial charge in [0.2, 0.25) is 0 Å². The normalized spacial score (nSPS) is 12.3. The van der Waals surface area contributed by atoms with Crippen molar-refractivity contribution in [2.24, 2.45) is 5.41 Å². The Labute approximate surface area is 143 Å². The molecule has 0 heterocycles. The highest BCUT2D eigenvalue weighted by molar-refractivity contribution is 9.10. The fraction of sp³-hybridized carbons (Fsp3) is 0.545. The smallest absolute Gasteiger partial charge is 0.478 e. The molecule has 0 saturated heterocycles. The maximum Gasteiger partial charge on any atom is 0.516 e. The Morgan fingerprint density at radius 3 is 1.23 bits per heavy atom. The van der Waals surface area contributed by atoms with Crippen molar-refractivity contribution in [2.45, 2.75) is 30.8 Å². The van der Waals surface area contributed by atoms with E-state index in [9.17, 15) is 14.4 Å². The third-order valence-corrected chi connectivity index (χ3v) is 4.13. The van der Waals surface area contributed by atoms with Gasteiger partial charge in [-0.25, -0.2) is 14.4 Å². The highest BCUT2D eigenvalue weighted by Gasteiger charge is 2.32. The number of hydrogen-bond donors (Lipinski definition) is 5. The fourth-order valence-electron chi connectivity index (χ4n) is 0.188. The Bertz CT molecular complexity index is 357. The molecule has 0 fully saturated rings. The van der Waals surface area contributed by atoms with E-state index >= 15 is 0 Å². The molecule has 0 radical (unpaired) electrons. The monoisotopic (exact) mass is 452 g/mol. The van der Waals surface area contributed by atoms with Gasteiger partial charge in [-0.05, 0) is 6.92 Å². The van der Waals surface area contributed by atoms with E-state index in [1.54, 1.807) is 13.8 Å². The van der Waals surface area contributed by atoms with Gasteiger partial charge in [0.25, 0.3) is 0 Å². The number of carboxylic acid groups (broad SMARTS) is 3. The van der Waals surface area contributed by atoms with Crippen LogP contribution in [0.4, 0.5) is 9.59 Å². The summed E-state index contributed by atoms with van der Waals surface area (Å²) in [6, 6.07) is 0. The average molecular weight is 454 g/mol. The van der Waals surface area contributed by atoms with E-state index in [0.29, 0.717) is 0 Å². The number of hydrogen-bond acceptors (Lipinski definition) is 6. The van der Waals surface area contributed by atoms with Crippen molar-refractivity contribution >= 4 is 50.1 Å². The van der Waals surface area contributed by atoms with Crippen LogP contribution in [0.2, 0.25) is 0 Å². The van der Waals surface area contributed by atoms with Crippen LogP contribution in [0.1, 0.15) is 20.8 Å². The molecule has 11 heteroatoms. The SMILES string of the molecule is C=C(C)C(=O)O.CC(C)(C(O)Br)C(O)Br.O=C(O)OC(=O)O. The minimum absolute atomic E-state index is 0.176. The lowest BCUT2D eigenvalue weighted by Gasteiger charge is -2.28. The second-order valence-corrected chi connectivity index (χ2v) is 5.95. The number of aliphatic hydroxyl groups is 2. The molecule has 130 valence electrons. The predicted octanol–water partition coefficient (Wildman–Crippen LogP) is 2.45. The predicted molar refractivity (Wildman–Crippen MR) is 83.2 cm³/mol. The Balaban J connectivity index is -0.000000252. The summed E-state index contributed by atoms with van der Waals surface area (Å²) in [7, 11) is 0. The summed E-state index contributed by atoms with van der Waals surface area (Å²) in [4.78, 5) is 28.0. The van der Waals surface area contributed by atoms with Gasteiger partial charge in [0.05, 0.1) is 0 Å². The third kappa shape index (κ3) is 16.9. The van der Waals surface area contributed by atoms with Crippen LogP contribution in [-0.2, 0) is 9.53 Å². The van der Waals surface area contributed by atoms with Crippen LogP contribution < -0.4 is 0 Å². The Morgan fingerprint density at radius 2 is 1.23 bits per heavy atom. The van der Waals surface area contributed by atoms with Gasteiger partial charge >= 0.3 is 18.3 Å². The number of alkyl halides is 2. The third-order valence-electron chi connectivity index (χ3n) is 1.77. The van der Waals surface area contributed by atoms with E-state index < -0.39 is 33.7 Å². The van der Waals surface area contributed by atoms with Crippen LogP contribution in [0.3, 0.4) is 0 Å². The van der Waals surface area contributed by atoms with E-state index in [4.69, 9.17) is 25.5 Å². The van der Waals surface area contributed by atoms with Crippen LogP contribution >= 0.6 is 31.9 Å². The lowest BCUT2D eigenvalue weighted by molar-refractivity contribution is -0.132. The molecule has 0 amide bonds. The molecule has 22 heavy (non-hydrogen) atoms. The van der Waals surface area contributed by atoms with Crippen LogP contribution in [0.5, 0.6) is 0 Å². The molecular formula is C11H18Br2O9. The number of aliphatic hydroxyl groups excluding tert-OH is 2. The van der Waals surface area contributed by atoms with Gasteiger partial charge in [-0.3, -0.25) is 0 Å². The van der Waals surface area contributed by atoms with E-state index in [2.05, 4.69) is 43.2 Å². The fourth-order valence-corrected chi connectivity index (χ4v) is 1.04. The van der Waals surface area contributed by atoms with Crippen molar-refractivity contribution in [2.75, 3.05) is 0 Å². The quantitative estimate of drug-likeness (QED) is 0.187. The van der Waals surface area contributed by atoms with Crippen LogP contribution in [0.25, 0.3) is 0 Å². The van der Waals surface area contributed by atoms with Crippen LogP contribution in [0, 0.1) is 5.41 Å². The lowest BCUT2D eigenvalue weighted by atomic mass is 9.96. The summed E-state index contributed by atoms with van der Waals surface area (Å²) in [5, 5.41) is 39.4. The number of halogens is 2. The van der Waals surface area contributed by atoms with Crippen molar-refractivity contribution < 1.29 is 44.7 Å². The van der Waals surface area contributed by atoms with Crippen molar-refractivity contribution in [3.05, 3.63) is 12.2 Å². The summed E-state index contributed by atoms with van der Waals surface area (Å²) in [5.41, 5.74) is -0.380. The molecule has 0 aromatic rings. The largest absolute Gasteiger partial charge is 0.516 e. The van der Waals surface area contributed by atoms with Crippen molar-refractivity contribution in [1.29, 1.82) is 0 Å². The molecule has 0 aliphatic carbocycles. The molecule has 0 aliphatic rings. The van der Waals surface area contributed by atoms with E-state index in [-0.39, 0.29) is 5.57 Å². The van der Waals surface area contributed by atoms with Crippen molar-refractivity contribution in [3.8, 4) is 0 Å². The minimum atomic E-state index is -1.81. The molecule has 0 saturated carbocycles. The topological polar surface area (TPSA) is 162 Å². The number of ether oxygens (including phenoxy) is 1. The molecule has 0 bridgehead atoms. The molecule has 0 rings (SSSR count). The molecule has 2 atom stereocenters. The van der Waals surface area contributed by atoms with E-state index in [1.165, 1.54) is 6.92 Å². The standard InChI is InChI=1S/C5H10Br2O2.C4H6O2.C2H2O5/c1-5(2,3(6)8)4(7)9;1-3(2)4(5)6;3-1(4)7-2(5)6/h3-4,8-9H,1-2H3;1H2,2H3,(H,5,6);(H,3,4)(H,5,6). The summed E-state index contributed by atoms with van der Waals surface area (Å²) in [6.07, 6.45) is -3.62. The maximum absolute atomic E-state index is 9.60. The van der Waals surface area contributed by atoms with Gasteiger partial charge in [0, 0.05) is 11.0 Å². The maximum atomic E-state index is 9.60. The van der Waals surface area contributed by atoms with Crippen LogP contribution in [0.15, 0.2) is 12.2 Å². The molecule has 9 nitrogen and oxygen atoms in total.